The number of amides is 2. The number of anilines is 1. The summed E-state index contributed by atoms with van der Waals surface area (Å²) in [7, 11) is 0. The quantitative estimate of drug-likeness (QED) is 0.500. The van der Waals surface area contributed by atoms with Crippen molar-refractivity contribution in [2.45, 2.75) is 40.2 Å². The van der Waals surface area contributed by atoms with Crippen molar-refractivity contribution >= 4 is 17.5 Å². The summed E-state index contributed by atoms with van der Waals surface area (Å²) in [6.45, 7) is 12.9. The first kappa shape index (κ1) is 20.4. The van der Waals surface area contributed by atoms with E-state index in [4.69, 9.17) is 0 Å². The van der Waals surface area contributed by atoms with Crippen molar-refractivity contribution in [3.8, 4) is 0 Å². The van der Waals surface area contributed by atoms with Gasteiger partial charge < -0.3 is 20.4 Å². The Balaban J connectivity index is 1.74. The van der Waals surface area contributed by atoms with E-state index in [0.717, 1.165) is 49.4 Å². The van der Waals surface area contributed by atoms with Crippen LogP contribution in [0.5, 0.6) is 0 Å². The molecule has 1 heterocycles. The number of carbonyl (C=O) groups excluding carboxylic acids is 2. The summed E-state index contributed by atoms with van der Waals surface area (Å²) >= 11 is 0. The largest absolute Gasteiger partial charge is 0.349 e. The maximum atomic E-state index is 12.4. The number of hydrogen-bond donors (Lipinski definition) is 4. The molecule has 1 aromatic rings. The molecule has 1 aromatic carbocycles. The van der Waals surface area contributed by atoms with E-state index in [1.54, 1.807) is 0 Å². The number of piperazine rings is 1. The lowest BCUT2D eigenvalue weighted by Crippen LogP contribution is -3.28. The molecule has 0 spiro atoms. The molecule has 0 radical (unpaired) electrons. The zero-order valence-electron chi connectivity index (χ0n) is 16.6. The Morgan fingerprint density at radius 1 is 1.00 bits per heavy atom. The number of benzene rings is 1. The molecule has 4 N–H and O–H groups in total. The van der Waals surface area contributed by atoms with Gasteiger partial charge in [0.2, 0.25) is 0 Å². The smallest absolute Gasteiger partial charge is 0.279 e. The van der Waals surface area contributed by atoms with E-state index < -0.39 is 0 Å². The molecule has 0 bridgehead atoms. The van der Waals surface area contributed by atoms with Crippen LogP contribution in [0.4, 0.5) is 5.69 Å². The normalized spacial score (nSPS) is 21.1. The van der Waals surface area contributed by atoms with Crippen molar-refractivity contribution < 1.29 is 19.4 Å². The van der Waals surface area contributed by atoms with Gasteiger partial charge in [-0.05, 0) is 38.3 Å². The van der Waals surface area contributed by atoms with Gasteiger partial charge in [-0.15, -0.1) is 0 Å². The summed E-state index contributed by atoms with van der Waals surface area (Å²) in [5.41, 5.74) is 3.12. The number of aryl methyl sites for hydroxylation is 2. The fourth-order valence-electron chi connectivity index (χ4n) is 3.39. The van der Waals surface area contributed by atoms with Gasteiger partial charge in [0.1, 0.15) is 26.2 Å². The van der Waals surface area contributed by atoms with Crippen molar-refractivity contribution in [3.63, 3.8) is 0 Å². The van der Waals surface area contributed by atoms with Crippen LogP contribution in [0.15, 0.2) is 18.2 Å². The van der Waals surface area contributed by atoms with E-state index in [1.165, 1.54) is 9.80 Å². The molecule has 0 saturated carbocycles. The second kappa shape index (κ2) is 9.69. The molecular weight excluding hydrogens is 328 g/mol. The minimum absolute atomic E-state index is 0.0652. The molecule has 144 valence electrons. The van der Waals surface area contributed by atoms with Crippen molar-refractivity contribution in [1.82, 2.24) is 5.32 Å². The Labute approximate surface area is 156 Å². The molecule has 0 unspecified atom stereocenters. The molecule has 1 saturated heterocycles. The fraction of sp³-hybridized carbons (Fsp3) is 0.600. The lowest BCUT2D eigenvalue weighted by atomic mass is 10.1. The van der Waals surface area contributed by atoms with E-state index in [2.05, 4.69) is 17.6 Å². The number of nitrogens with one attached hydrogen (secondary N) is 4. The average molecular weight is 363 g/mol. The first-order chi connectivity index (χ1) is 12.4. The predicted molar refractivity (Wildman–Crippen MR) is 104 cm³/mol. The number of para-hydroxylation sites is 1. The van der Waals surface area contributed by atoms with Crippen molar-refractivity contribution in [3.05, 3.63) is 29.3 Å². The van der Waals surface area contributed by atoms with Crippen LogP contribution < -0.4 is 20.4 Å². The molecule has 1 aliphatic rings. The number of quaternary nitrogens is 2. The van der Waals surface area contributed by atoms with Crippen LogP contribution in [-0.4, -0.2) is 57.1 Å². The molecule has 0 aromatic heterocycles. The second-order valence-corrected chi connectivity index (χ2v) is 7.55. The Morgan fingerprint density at radius 2 is 1.50 bits per heavy atom. The molecular formula is C20H34N4O2+2. The monoisotopic (exact) mass is 362 g/mol. The van der Waals surface area contributed by atoms with E-state index in [1.807, 2.05) is 39.0 Å². The van der Waals surface area contributed by atoms with Gasteiger partial charge in [-0.25, -0.2) is 0 Å². The lowest BCUT2D eigenvalue weighted by molar-refractivity contribution is -1.00. The van der Waals surface area contributed by atoms with Crippen LogP contribution >= 0.6 is 0 Å². The highest BCUT2D eigenvalue weighted by Gasteiger charge is 2.26. The summed E-state index contributed by atoms with van der Waals surface area (Å²) in [6, 6.07) is 6.28. The maximum Gasteiger partial charge on any atom is 0.279 e. The third-order valence-electron chi connectivity index (χ3n) is 5.25. The Bertz CT molecular complexity index is 604. The third-order valence-corrected chi connectivity index (χ3v) is 5.25. The lowest BCUT2D eigenvalue weighted by Gasteiger charge is -2.29. The van der Waals surface area contributed by atoms with Gasteiger partial charge in [-0.2, -0.15) is 0 Å². The molecule has 0 aliphatic carbocycles. The molecule has 26 heavy (non-hydrogen) atoms. The van der Waals surface area contributed by atoms with Gasteiger partial charge in [-0.1, -0.05) is 25.1 Å². The molecule has 1 fully saturated rings. The van der Waals surface area contributed by atoms with Gasteiger partial charge in [0.05, 0.1) is 0 Å². The first-order valence-electron chi connectivity index (χ1n) is 9.71. The van der Waals surface area contributed by atoms with E-state index in [9.17, 15) is 9.59 Å². The molecule has 6 nitrogen and oxygen atoms in total. The van der Waals surface area contributed by atoms with Crippen LogP contribution in [0.3, 0.4) is 0 Å². The zero-order chi connectivity index (χ0) is 19.1. The molecule has 1 atom stereocenters. The topological polar surface area (TPSA) is 67.1 Å². The van der Waals surface area contributed by atoms with E-state index in [-0.39, 0.29) is 17.9 Å². The van der Waals surface area contributed by atoms with Gasteiger partial charge in [-0.3, -0.25) is 9.59 Å². The minimum atomic E-state index is 0.0652. The van der Waals surface area contributed by atoms with Crippen LogP contribution in [0.25, 0.3) is 0 Å². The highest BCUT2D eigenvalue weighted by molar-refractivity contribution is 5.93. The van der Waals surface area contributed by atoms with Crippen LogP contribution in [-0.2, 0) is 9.59 Å². The highest BCUT2D eigenvalue weighted by Crippen LogP contribution is 2.18. The van der Waals surface area contributed by atoms with E-state index in [0.29, 0.717) is 13.1 Å². The number of hydrogen-bond acceptors (Lipinski definition) is 2. The van der Waals surface area contributed by atoms with Crippen molar-refractivity contribution in [2.75, 3.05) is 44.6 Å². The first-order valence-corrected chi connectivity index (χ1v) is 9.71. The van der Waals surface area contributed by atoms with Gasteiger partial charge in [0, 0.05) is 11.7 Å². The number of carbonyl (C=O) groups is 2. The Kier molecular flexibility index (Phi) is 7.60. The summed E-state index contributed by atoms with van der Waals surface area (Å²) in [5, 5.41) is 6.09. The van der Waals surface area contributed by atoms with Crippen LogP contribution in [0, 0.1) is 13.8 Å². The standard InChI is InChI=1S/C20H32N4O2/c1-5-17(4)21-18(25)13-23-9-11-24(12-10-23)14-19(26)22-20-15(2)7-6-8-16(20)3/h6-8,17H,5,9-14H2,1-4H3,(H,21,25)(H,22,26)/p+2/t17-/m0/s1. The van der Waals surface area contributed by atoms with Crippen LogP contribution in [0.2, 0.25) is 0 Å². The zero-order valence-corrected chi connectivity index (χ0v) is 16.6. The van der Waals surface area contributed by atoms with Crippen molar-refractivity contribution in [1.29, 1.82) is 0 Å². The second-order valence-electron chi connectivity index (χ2n) is 7.55. The SMILES string of the molecule is CC[C@H](C)NC(=O)C[NH+]1CC[NH+](CC(=O)Nc2c(C)cccc2C)CC1. The maximum absolute atomic E-state index is 12.4. The van der Waals surface area contributed by atoms with Crippen LogP contribution in [0.1, 0.15) is 31.4 Å². The molecule has 6 heteroatoms. The van der Waals surface area contributed by atoms with E-state index >= 15 is 0 Å². The minimum Gasteiger partial charge on any atom is -0.349 e. The van der Waals surface area contributed by atoms with Gasteiger partial charge in [0.15, 0.2) is 13.1 Å². The highest BCUT2D eigenvalue weighted by atomic mass is 16.2. The molecule has 2 rings (SSSR count). The molecule has 2 amide bonds. The third kappa shape index (κ3) is 6.11. The van der Waals surface area contributed by atoms with Crippen molar-refractivity contribution in [2.24, 2.45) is 0 Å². The summed E-state index contributed by atoms with van der Waals surface area (Å²) in [6.07, 6.45) is 0.953. The Morgan fingerprint density at radius 3 is 2.00 bits per heavy atom. The van der Waals surface area contributed by atoms with Gasteiger partial charge in [0.25, 0.3) is 11.8 Å². The average Bonchev–Trinajstić information content (AvgIpc) is 2.60. The summed E-state index contributed by atoms with van der Waals surface area (Å²) < 4.78 is 0. The van der Waals surface area contributed by atoms with Gasteiger partial charge >= 0.3 is 0 Å². The predicted octanol–water partition coefficient (Wildman–Crippen LogP) is -1.06. The molecule has 1 aliphatic heterocycles. The fourth-order valence-corrected chi connectivity index (χ4v) is 3.39. The summed E-state index contributed by atoms with van der Waals surface area (Å²) in [5.74, 6) is 0.195. The summed E-state index contributed by atoms with van der Waals surface area (Å²) in [4.78, 5) is 27.0. The number of rotatable bonds is 7. The Hall–Kier alpha value is -1.92.